The van der Waals surface area contributed by atoms with Gasteiger partial charge in [-0.3, -0.25) is 4.98 Å². The van der Waals surface area contributed by atoms with Crippen molar-refractivity contribution < 1.29 is 18.8 Å². The van der Waals surface area contributed by atoms with Crippen LogP contribution in [0.15, 0.2) is 18.5 Å². The molecule has 0 aromatic carbocycles. The molecule has 2 heterocycles. The first-order valence-electron chi connectivity index (χ1n) is 8.24. The maximum absolute atomic E-state index is 12.1. The van der Waals surface area contributed by atoms with Crippen molar-refractivity contribution >= 4 is 18.6 Å². The molecule has 0 radical (unpaired) electrons. The second-order valence-electron chi connectivity index (χ2n) is 6.94. The number of hydrogen-bond donors (Lipinski definition) is 0. The lowest BCUT2D eigenvalue weighted by Crippen LogP contribution is -2.41. The van der Waals surface area contributed by atoms with E-state index in [0.717, 1.165) is 24.7 Å². The fraction of sp³-hybridized carbons (Fsp3) is 0.647. The highest BCUT2D eigenvalue weighted by molar-refractivity contribution is 6.62. The molecule has 1 fully saturated rings. The van der Waals surface area contributed by atoms with E-state index in [-0.39, 0.29) is 5.97 Å². The molecule has 6 heteroatoms. The molecule has 126 valence electrons. The zero-order valence-electron chi connectivity index (χ0n) is 14.7. The van der Waals surface area contributed by atoms with Crippen LogP contribution < -0.4 is 5.46 Å². The molecule has 0 saturated carbocycles. The fourth-order valence-electron chi connectivity index (χ4n) is 2.28. The molecule has 1 aromatic heterocycles. The molecule has 0 spiro atoms. The minimum atomic E-state index is -0.527. The number of esters is 1. The van der Waals surface area contributed by atoms with Gasteiger partial charge >= 0.3 is 13.1 Å². The Hall–Kier alpha value is -1.40. The van der Waals surface area contributed by atoms with Crippen LogP contribution in [0.3, 0.4) is 0 Å². The molecule has 0 aliphatic carbocycles. The van der Waals surface area contributed by atoms with Crippen molar-refractivity contribution in [3.63, 3.8) is 0 Å². The molecular formula is C17H26BNO4. The predicted molar refractivity (Wildman–Crippen MR) is 89.8 cm³/mol. The van der Waals surface area contributed by atoms with Gasteiger partial charge < -0.3 is 14.0 Å². The van der Waals surface area contributed by atoms with Gasteiger partial charge in [0.25, 0.3) is 0 Å². The Balaban J connectivity index is 2.05. The molecule has 1 aliphatic heterocycles. The monoisotopic (exact) mass is 319 g/mol. The number of unbranched alkanes of at least 4 members (excludes halogenated alkanes) is 2. The number of carbonyl (C=O) groups excluding carboxylic acids is 1. The van der Waals surface area contributed by atoms with Gasteiger partial charge in [0, 0.05) is 17.9 Å². The third kappa shape index (κ3) is 4.12. The molecule has 0 unspecified atom stereocenters. The minimum absolute atomic E-state index is 0.355. The number of rotatable bonds is 6. The molecule has 23 heavy (non-hydrogen) atoms. The predicted octanol–water partition coefficient (Wildman–Crippen LogP) is 2.73. The summed E-state index contributed by atoms with van der Waals surface area (Å²) >= 11 is 0. The van der Waals surface area contributed by atoms with Gasteiger partial charge in [-0.1, -0.05) is 19.8 Å². The Kier molecular flexibility index (Phi) is 5.47. The lowest BCUT2D eigenvalue weighted by atomic mass is 9.80. The Bertz CT molecular complexity index is 543. The first kappa shape index (κ1) is 18.0. The van der Waals surface area contributed by atoms with Gasteiger partial charge in [0.1, 0.15) is 0 Å². The van der Waals surface area contributed by atoms with E-state index in [2.05, 4.69) is 11.9 Å². The van der Waals surface area contributed by atoms with Crippen LogP contribution in [0.25, 0.3) is 0 Å². The summed E-state index contributed by atoms with van der Waals surface area (Å²) in [7, 11) is -0.527. The summed E-state index contributed by atoms with van der Waals surface area (Å²) in [5.74, 6) is -0.355. The quantitative estimate of drug-likeness (QED) is 0.458. The Labute approximate surface area is 138 Å². The van der Waals surface area contributed by atoms with Gasteiger partial charge in [0.05, 0.1) is 23.4 Å². The van der Waals surface area contributed by atoms with Gasteiger partial charge in [-0.15, -0.1) is 0 Å². The van der Waals surface area contributed by atoms with Crippen LogP contribution in [-0.2, 0) is 14.0 Å². The van der Waals surface area contributed by atoms with E-state index in [4.69, 9.17) is 14.0 Å². The molecule has 1 aliphatic rings. The zero-order chi connectivity index (χ0) is 17.1. The van der Waals surface area contributed by atoms with Crippen LogP contribution in [-0.4, -0.2) is 35.9 Å². The van der Waals surface area contributed by atoms with Crippen molar-refractivity contribution in [1.29, 1.82) is 0 Å². The Morgan fingerprint density at radius 3 is 2.43 bits per heavy atom. The van der Waals surface area contributed by atoms with E-state index in [1.165, 1.54) is 6.20 Å². The molecule has 0 bridgehead atoms. The van der Waals surface area contributed by atoms with Crippen LogP contribution in [0.4, 0.5) is 0 Å². The van der Waals surface area contributed by atoms with Crippen LogP contribution in [0, 0.1) is 0 Å². The zero-order valence-corrected chi connectivity index (χ0v) is 14.7. The van der Waals surface area contributed by atoms with Crippen LogP contribution in [0.1, 0.15) is 64.2 Å². The standard InChI is InChI=1S/C17H26BNO4/c1-6-7-8-9-21-15(20)13-10-14(12-19-11-13)18-22-16(2,3)17(4,5)23-18/h10-12H,6-9H2,1-5H3. The number of pyridine rings is 1. The van der Waals surface area contributed by atoms with E-state index in [1.807, 2.05) is 27.7 Å². The lowest BCUT2D eigenvalue weighted by molar-refractivity contribution is 0.00578. The summed E-state index contributed by atoms with van der Waals surface area (Å²) < 4.78 is 17.2. The summed E-state index contributed by atoms with van der Waals surface area (Å²) in [6.45, 7) is 10.5. The van der Waals surface area contributed by atoms with Gasteiger partial charge in [-0.25, -0.2) is 4.79 Å². The van der Waals surface area contributed by atoms with Crippen LogP contribution >= 0.6 is 0 Å². The highest BCUT2D eigenvalue weighted by atomic mass is 16.7. The first-order valence-corrected chi connectivity index (χ1v) is 8.24. The maximum Gasteiger partial charge on any atom is 0.496 e. The molecule has 0 atom stereocenters. The van der Waals surface area contributed by atoms with Crippen molar-refractivity contribution in [3.05, 3.63) is 24.0 Å². The number of hydrogen-bond acceptors (Lipinski definition) is 5. The average molecular weight is 319 g/mol. The topological polar surface area (TPSA) is 57.7 Å². The summed E-state index contributed by atoms with van der Waals surface area (Å²) in [4.78, 5) is 16.2. The Morgan fingerprint density at radius 2 is 1.83 bits per heavy atom. The van der Waals surface area contributed by atoms with Crippen molar-refractivity contribution in [2.75, 3.05) is 6.61 Å². The molecular weight excluding hydrogens is 293 g/mol. The lowest BCUT2D eigenvalue weighted by Gasteiger charge is -2.32. The summed E-state index contributed by atoms with van der Waals surface area (Å²) in [6, 6.07) is 1.73. The van der Waals surface area contributed by atoms with E-state index in [9.17, 15) is 4.79 Å². The van der Waals surface area contributed by atoms with E-state index >= 15 is 0 Å². The molecule has 5 nitrogen and oxygen atoms in total. The number of aromatic nitrogens is 1. The van der Waals surface area contributed by atoms with Crippen molar-refractivity contribution in [2.24, 2.45) is 0 Å². The molecule has 2 rings (SSSR count). The third-order valence-corrected chi connectivity index (χ3v) is 4.50. The van der Waals surface area contributed by atoms with Gasteiger partial charge in [0.2, 0.25) is 0 Å². The van der Waals surface area contributed by atoms with Crippen molar-refractivity contribution in [1.82, 2.24) is 4.98 Å². The van der Waals surface area contributed by atoms with Crippen molar-refractivity contribution in [3.8, 4) is 0 Å². The van der Waals surface area contributed by atoms with Crippen LogP contribution in [0.5, 0.6) is 0 Å². The van der Waals surface area contributed by atoms with Crippen LogP contribution in [0.2, 0.25) is 0 Å². The van der Waals surface area contributed by atoms with Crippen molar-refractivity contribution in [2.45, 2.75) is 65.1 Å². The van der Waals surface area contributed by atoms with Gasteiger partial charge in [-0.05, 0) is 40.2 Å². The maximum atomic E-state index is 12.1. The first-order chi connectivity index (χ1) is 10.8. The molecule has 1 aromatic rings. The highest BCUT2D eigenvalue weighted by Crippen LogP contribution is 2.36. The molecule has 0 N–H and O–H groups in total. The van der Waals surface area contributed by atoms with Gasteiger partial charge in [0.15, 0.2) is 0 Å². The number of nitrogens with zero attached hydrogens (tertiary/aromatic N) is 1. The summed E-state index contributed by atoms with van der Waals surface area (Å²) in [5.41, 5.74) is 0.309. The largest absolute Gasteiger partial charge is 0.496 e. The van der Waals surface area contributed by atoms with E-state index in [0.29, 0.717) is 12.2 Å². The number of carbonyl (C=O) groups is 1. The van der Waals surface area contributed by atoms with Gasteiger partial charge in [-0.2, -0.15) is 0 Å². The second kappa shape index (κ2) is 7.01. The SMILES string of the molecule is CCCCCOC(=O)c1cncc(B2OC(C)(C)C(C)(C)O2)c1. The molecule has 0 amide bonds. The average Bonchev–Trinajstić information content (AvgIpc) is 2.72. The normalized spacial score (nSPS) is 18.9. The Morgan fingerprint density at radius 1 is 1.17 bits per heavy atom. The van der Waals surface area contributed by atoms with E-state index < -0.39 is 18.3 Å². The second-order valence-corrected chi connectivity index (χ2v) is 6.94. The third-order valence-electron chi connectivity index (χ3n) is 4.50. The fourth-order valence-corrected chi connectivity index (χ4v) is 2.28. The van der Waals surface area contributed by atoms with E-state index in [1.54, 1.807) is 12.3 Å². The summed E-state index contributed by atoms with van der Waals surface area (Å²) in [5, 5.41) is 0. The number of ether oxygens (including phenoxy) is 1. The smallest absolute Gasteiger partial charge is 0.462 e. The highest BCUT2D eigenvalue weighted by Gasteiger charge is 2.51. The molecule has 1 saturated heterocycles. The minimum Gasteiger partial charge on any atom is -0.462 e. The summed E-state index contributed by atoms with van der Waals surface area (Å²) in [6.07, 6.45) is 6.20.